The third-order valence-corrected chi connectivity index (χ3v) is 3.60. The Kier molecular flexibility index (Phi) is 5.24. The lowest BCUT2D eigenvalue weighted by Gasteiger charge is -2.14. The summed E-state index contributed by atoms with van der Waals surface area (Å²) < 4.78 is 10.5. The van der Waals surface area contributed by atoms with Crippen molar-refractivity contribution >= 4 is 5.91 Å². The molecular weight excluding hydrogens is 256 g/mol. The van der Waals surface area contributed by atoms with E-state index >= 15 is 0 Å². The van der Waals surface area contributed by atoms with Crippen molar-refractivity contribution in [3.8, 4) is 11.5 Å². The van der Waals surface area contributed by atoms with Crippen LogP contribution in [0.3, 0.4) is 0 Å². The summed E-state index contributed by atoms with van der Waals surface area (Å²) in [6, 6.07) is 5.85. The van der Waals surface area contributed by atoms with E-state index in [1.807, 2.05) is 0 Å². The van der Waals surface area contributed by atoms with E-state index < -0.39 is 0 Å². The molecular formula is C15H22N2O3. The highest BCUT2D eigenvalue weighted by Crippen LogP contribution is 2.27. The highest BCUT2D eigenvalue weighted by molar-refractivity contribution is 5.99. The second kappa shape index (κ2) is 7.14. The topological polar surface area (TPSA) is 59.6 Å². The highest BCUT2D eigenvalue weighted by atomic mass is 16.5. The van der Waals surface area contributed by atoms with Gasteiger partial charge in [0.15, 0.2) is 0 Å². The molecule has 0 aliphatic carbocycles. The number of nitrogens with one attached hydrogen (secondary N) is 2. The van der Waals surface area contributed by atoms with Crippen molar-refractivity contribution in [1.82, 2.24) is 10.6 Å². The van der Waals surface area contributed by atoms with Crippen LogP contribution >= 0.6 is 0 Å². The number of methoxy groups -OCH3 is 2. The van der Waals surface area contributed by atoms with Crippen LogP contribution in [0.25, 0.3) is 0 Å². The zero-order valence-electron chi connectivity index (χ0n) is 12.1. The molecule has 1 heterocycles. The largest absolute Gasteiger partial charge is 0.496 e. The van der Waals surface area contributed by atoms with Gasteiger partial charge < -0.3 is 20.1 Å². The van der Waals surface area contributed by atoms with E-state index in [0.717, 1.165) is 13.0 Å². The first kappa shape index (κ1) is 14.7. The van der Waals surface area contributed by atoms with Gasteiger partial charge in [0.1, 0.15) is 17.1 Å². The lowest BCUT2D eigenvalue weighted by Crippen LogP contribution is -2.31. The zero-order chi connectivity index (χ0) is 14.4. The van der Waals surface area contributed by atoms with Gasteiger partial charge in [-0.15, -0.1) is 0 Å². The van der Waals surface area contributed by atoms with Gasteiger partial charge >= 0.3 is 0 Å². The van der Waals surface area contributed by atoms with Crippen molar-refractivity contribution in [2.24, 2.45) is 0 Å². The number of ether oxygens (including phenoxy) is 2. The van der Waals surface area contributed by atoms with Crippen molar-refractivity contribution in [3.05, 3.63) is 23.8 Å². The predicted octanol–water partition coefficient (Wildman–Crippen LogP) is 1.58. The molecule has 0 saturated carbocycles. The number of carbonyl (C=O) groups excluding carboxylic acids is 1. The molecule has 5 heteroatoms. The van der Waals surface area contributed by atoms with Crippen LogP contribution in [0.5, 0.6) is 11.5 Å². The average Bonchev–Trinajstić information content (AvgIpc) is 2.99. The van der Waals surface area contributed by atoms with Crippen molar-refractivity contribution in [3.63, 3.8) is 0 Å². The van der Waals surface area contributed by atoms with Gasteiger partial charge in [-0.3, -0.25) is 4.79 Å². The van der Waals surface area contributed by atoms with E-state index in [4.69, 9.17) is 9.47 Å². The maximum atomic E-state index is 12.3. The van der Waals surface area contributed by atoms with Crippen molar-refractivity contribution in [1.29, 1.82) is 0 Å². The summed E-state index contributed by atoms with van der Waals surface area (Å²) in [6.45, 7) is 1.73. The minimum Gasteiger partial charge on any atom is -0.496 e. The maximum absolute atomic E-state index is 12.3. The van der Waals surface area contributed by atoms with Crippen LogP contribution in [0.2, 0.25) is 0 Å². The molecule has 20 heavy (non-hydrogen) atoms. The van der Waals surface area contributed by atoms with E-state index in [0.29, 0.717) is 29.6 Å². The van der Waals surface area contributed by atoms with Crippen LogP contribution in [0.1, 0.15) is 29.6 Å². The Labute approximate surface area is 119 Å². The lowest BCUT2D eigenvalue weighted by atomic mass is 10.1. The number of carbonyl (C=O) groups is 1. The standard InChI is InChI=1S/C15H22N2O3/c1-19-12-6-3-7-13(20-2)14(12)15(18)17-10-8-11-5-4-9-16-11/h3,6-7,11,16H,4-5,8-10H2,1-2H3,(H,17,18). The van der Waals surface area contributed by atoms with Gasteiger partial charge in [0.25, 0.3) is 5.91 Å². The zero-order valence-corrected chi connectivity index (χ0v) is 12.1. The molecule has 1 aliphatic heterocycles. The lowest BCUT2D eigenvalue weighted by molar-refractivity contribution is 0.0946. The fraction of sp³-hybridized carbons (Fsp3) is 0.533. The predicted molar refractivity (Wildman–Crippen MR) is 77.5 cm³/mol. The summed E-state index contributed by atoms with van der Waals surface area (Å²) in [5, 5.41) is 6.35. The van der Waals surface area contributed by atoms with Gasteiger partial charge in [0.2, 0.25) is 0 Å². The Hall–Kier alpha value is -1.75. The normalized spacial score (nSPS) is 17.8. The molecule has 1 fully saturated rings. The number of amides is 1. The van der Waals surface area contributed by atoms with Crippen molar-refractivity contribution in [2.75, 3.05) is 27.3 Å². The minimum atomic E-state index is -0.155. The third-order valence-electron chi connectivity index (χ3n) is 3.60. The molecule has 1 aromatic rings. The SMILES string of the molecule is COc1cccc(OC)c1C(=O)NCCC1CCCN1. The molecule has 1 aromatic carbocycles. The second-order valence-corrected chi connectivity index (χ2v) is 4.88. The van der Waals surface area contributed by atoms with E-state index in [1.54, 1.807) is 32.4 Å². The van der Waals surface area contributed by atoms with E-state index in [-0.39, 0.29) is 5.91 Å². The Morgan fingerprint density at radius 1 is 1.35 bits per heavy atom. The Bertz CT molecular complexity index is 434. The van der Waals surface area contributed by atoms with Crippen LogP contribution in [0.15, 0.2) is 18.2 Å². The monoisotopic (exact) mass is 278 g/mol. The minimum absolute atomic E-state index is 0.155. The van der Waals surface area contributed by atoms with Gasteiger partial charge in [-0.25, -0.2) is 0 Å². The molecule has 2 rings (SSSR count). The summed E-state index contributed by atoms with van der Waals surface area (Å²) in [6.07, 6.45) is 3.36. The molecule has 1 amide bonds. The number of benzene rings is 1. The Morgan fingerprint density at radius 3 is 2.60 bits per heavy atom. The van der Waals surface area contributed by atoms with E-state index in [1.165, 1.54) is 12.8 Å². The van der Waals surface area contributed by atoms with Crippen LogP contribution in [-0.2, 0) is 0 Å². The molecule has 0 aromatic heterocycles. The number of hydrogen-bond acceptors (Lipinski definition) is 4. The number of hydrogen-bond donors (Lipinski definition) is 2. The van der Waals surface area contributed by atoms with Crippen molar-refractivity contribution < 1.29 is 14.3 Å². The summed E-state index contributed by atoms with van der Waals surface area (Å²) in [7, 11) is 3.10. The summed E-state index contributed by atoms with van der Waals surface area (Å²) >= 11 is 0. The number of rotatable bonds is 6. The molecule has 1 unspecified atom stereocenters. The van der Waals surface area contributed by atoms with E-state index in [2.05, 4.69) is 10.6 Å². The fourth-order valence-corrected chi connectivity index (χ4v) is 2.53. The first-order valence-electron chi connectivity index (χ1n) is 6.99. The molecule has 2 N–H and O–H groups in total. The van der Waals surface area contributed by atoms with Gasteiger partial charge in [0.05, 0.1) is 14.2 Å². The second-order valence-electron chi connectivity index (χ2n) is 4.88. The van der Waals surface area contributed by atoms with Gasteiger partial charge in [-0.05, 0) is 37.9 Å². The average molecular weight is 278 g/mol. The highest BCUT2D eigenvalue weighted by Gasteiger charge is 2.19. The molecule has 1 atom stereocenters. The smallest absolute Gasteiger partial charge is 0.258 e. The quantitative estimate of drug-likeness (QED) is 0.829. The van der Waals surface area contributed by atoms with Gasteiger partial charge in [-0.2, -0.15) is 0 Å². The summed E-state index contributed by atoms with van der Waals surface area (Å²) in [5.41, 5.74) is 0.455. The van der Waals surface area contributed by atoms with Gasteiger partial charge in [-0.1, -0.05) is 6.07 Å². The third kappa shape index (κ3) is 3.42. The van der Waals surface area contributed by atoms with Crippen LogP contribution in [0.4, 0.5) is 0 Å². The van der Waals surface area contributed by atoms with E-state index in [9.17, 15) is 4.79 Å². The molecule has 1 saturated heterocycles. The van der Waals surface area contributed by atoms with Crippen LogP contribution < -0.4 is 20.1 Å². The Morgan fingerprint density at radius 2 is 2.05 bits per heavy atom. The first-order chi connectivity index (χ1) is 9.76. The summed E-state index contributed by atoms with van der Waals surface area (Å²) in [4.78, 5) is 12.3. The van der Waals surface area contributed by atoms with Crippen LogP contribution in [-0.4, -0.2) is 39.3 Å². The molecule has 5 nitrogen and oxygen atoms in total. The van der Waals surface area contributed by atoms with Crippen molar-refractivity contribution in [2.45, 2.75) is 25.3 Å². The molecule has 110 valence electrons. The fourth-order valence-electron chi connectivity index (χ4n) is 2.53. The Balaban J connectivity index is 1.97. The summed E-state index contributed by atoms with van der Waals surface area (Å²) in [5.74, 6) is 0.902. The molecule has 1 aliphatic rings. The molecule has 0 bridgehead atoms. The first-order valence-corrected chi connectivity index (χ1v) is 6.99. The molecule has 0 spiro atoms. The molecule has 0 radical (unpaired) electrons. The van der Waals surface area contributed by atoms with Crippen LogP contribution in [0, 0.1) is 0 Å². The maximum Gasteiger partial charge on any atom is 0.258 e. The van der Waals surface area contributed by atoms with Gasteiger partial charge in [0, 0.05) is 12.6 Å².